The zero-order chi connectivity index (χ0) is 11.4. The van der Waals surface area contributed by atoms with Crippen molar-refractivity contribution < 1.29 is 0 Å². The Balaban J connectivity index is 2.11. The van der Waals surface area contributed by atoms with E-state index in [1.807, 2.05) is 12.1 Å². The Hall–Kier alpha value is -1.31. The molecule has 2 heteroatoms. The normalized spacial score (nSPS) is 10.4. The van der Waals surface area contributed by atoms with Gasteiger partial charge in [-0.3, -0.25) is 0 Å². The molecule has 16 heavy (non-hydrogen) atoms. The maximum Gasteiger partial charge on any atom is 0.0406 e. The molecule has 0 saturated heterocycles. The summed E-state index contributed by atoms with van der Waals surface area (Å²) in [4.78, 5) is 0. The number of halogens is 1. The van der Waals surface area contributed by atoms with Crippen molar-refractivity contribution >= 4 is 11.6 Å². The largest absolute Gasteiger partial charge is 0.326 e. The van der Waals surface area contributed by atoms with Gasteiger partial charge in [-0.25, -0.2) is 0 Å². The summed E-state index contributed by atoms with van der Waals surface area (Å²) < 4.78 is 0. The van der Waals surface area contributed by atoms with E-state index in [-0.39, 0.29) is 0 Å². The van der Waals surface area contributed by atoms with Crippen molar-refractivity contribution in [3.8, 4) is 0 Å². The maximum absolute atomic E-state index is 5.84. The van der Waals surface area contributed by atoms with E-state index < -0.39 is 0 Å². The Kier molecular flexibility index (Phi) is 3.60. The molecule has 2 N–H and O–H groups in total. The van der Waals surface area contributed by atoms with Crippen molar-refractivity contribution in [3.63, 3.8) is 0 Å². The van der Waals surface area contributed by atoms with Gasteiger partial charge in [-0.2, -0.15) is 0 Å². The van der Waals surface area contributed by atoms with Gasteiger partial charge in [0.05, 0.1) is 0 Å². The van der Waals surface area contributed by atoms with E-state index in [4.69, 9.17) is 17.3 Å². The third-order valence-corrected chi connectivity index (χ3v) is 2.83. The Morgan fingerprint density at radius 1 is 0.750 bits per heavy atom. The van der Waals surface area contributed by atoms with Gasteiger partial charge >= 0.3 is 0 Å². The third kappa shape index (κ3) is 2.84. The molecule has 0 amide bonds. The van der Waals surface area contributed by atoms with Gasteiger partial charge in [-0.05, 0) is 35.2 Å². The van der Waals surface area contributed by atoms with E-state index in [0.717, 1.165) is 11.4 Å². The fraction of sp³-hybridized carbons (Fsp3) is 0.143. The van der Waals surface area contributed by atoms with Crippen molar-refractivity contribution in [1.29, 1.82) is 0 Å². The second-order valence-electron chi connectivity index (χ2n) is 3.82. The molecule has 1 nitrogen and oxygen atoms in total. The Labute approximate surface area is 101 Å². The van der Waals surface area contributed by atoms with Crippen LogP contribution < -0.4 is 5.73 Å². The van der Waals surface area contributed by atoms with E-state index in [0.29, 0.717) is 6.54 Å². The van der Waals surface area contributed by atoms with Crippen LogP contribution in [0.15, 0.2) is 48.5 Å². The van der Waals surface area contributed by atoms with Gasteiger partial charge in [0.2, 0.25) is 0 Å². The summed E-state index contributed by atoms with van der Waals surface area (Å²) in [6.07, 6.45) is 0.933. The highest BCUT2D eigenvalue weighted by molar-refractivity contribution is 6.30. The number of hydrogen-bond donors (Lipinski definition) is 1. The molecule has 2 rings (SSSR count). The quantitative estimate of drug-likeness (QED) is 0.861. The molecule has 0 aromatic heterocycles. The van der Waals surface area contributed by atoms with Gasteiger partial charge in [0.1, 0.15) is 0 Å². The van der Waals surface area contributed by atoms with Crippen LogP contribution in [0.4, 0.5) is 0 Å². The minimum Gasteiger partial charge on any atom is -0.326 e. The lowest BCUT2D eigenvalue weighted by atomic mass is 10.0. The minimum atomic E-state index is 0.598. The summed E-state index contributed by atoms with van der Waals surface area (Å²) in [5.41, 5.74) is 9.28. The molecule has 0 aliphatic carbocycles. The average molecular weight is 232 g/mol. The highest BCUT2D eigenvalue weighted by Crippen LogP contribution is 2.14. The van der Waals surface area contributed by atoms with E-state index in [2.05, 4.69) is 36.4 Å². The smallest absolute Gasteiger partial charge is 0.0406 e. The third-order valence-electron chi connectivity index (χ3n) is 2.58. The van der Waals surface area contributed by atoms with Gasteiger partial charge < -0.3 is 5.73 Å². The summed E-state index contributed by atoms with van der Waals surface area (Å²) in [7, 11) is 0. The molecular weight excluding hydrogens is 218 g/mol. The first-order chi connectivity index (χ1) is 7.78. The van der Waals surface area contributed by atoms with E-state index in [1.54, 1.807) is 0 Å². The Bertz CT molecular complexity index is 445. The van der Waals surface area contributed by atoms with Crippen molar-refractivity contribution in [2.24, 2.45) is 5.73 Å². The van der Waals surface area contributed by atoms with E-state index >= 15 is 0 Å². The molecule has 82 valence electrons. The Morgan fingerprint density at radius 2 is 1.19 bits per heavy atom. The molecule has 0 spiro atoms. The first-order valence-electron chi connectivity index (χ1n) is 5.30. The topological polar surface area (TPSA) is 26.0 Å². The summed E-state index contributed by atoms with van der Waals surface area (Å²) in [5, 5.41) is 0.780. The first-order valence-corrected chi connectivity index (χ1v) is 5.68. The molecule has 0 heterocycles. The molecule has 0 radical (unpaired) electrons. The van der Waals surface area contributed by atoms with Crippen LogP contribution in [-0.4, -0.2) is 0 Å². The van der Waals surface area contributed by atoms with Crippen molar-refractivity contribution in [2.45, 2.75) is 13.0 Å². The lowest BCUT2D eigenvalue weighted by Crippen LogP contribution is -1.96. The predicted octanol–water partition coefficient (Wildman–Crippen LogP) is 3.39. The average Bonchev–Trinajstić information content (AvgIpc) is 2.33. The fourth-order valence-corrected chi connectivity index (χ4v) is 1.76. The zero-order valence-electron chi connectivity index (χ0n) is 8.99. The second kappa shape index (κ2) is 5.15. The number of benzene rings is 2. The van der Waals surface area contributed by atoms with Crippen molar-refractivity contribution in [3.05, 3.63) is 70.2 Å². The highest BCUT2D eigenvalue weighted by Gasteiger charge is 1.97. The fourth-order valence-electron chi connectivity index (χ4n) is 1.63. The molecule has 0 saturated carbocycles. The van der Waals surface area contributed by atoms with Crippen molar-refractivity contribution in [1.82, 2.24) is 0 Å². The summed E-state index contributed by atoms with van der Waals surface area (Å²) in [6.45, 7) is 0.598. The molecule has 0 bridgehead atoms. The lowest BCUT2D eigenvalue weighted by molar-refractivity contribution is 1.06. The number of hydrogen-bond acceptors (Lipinski definition) is 1. The maximum atomic E-state index is 5.84. The summed E-state index contributed by atoms with van der Waals surface area (Å²) >= 11 is 5.84. The predicted molar refractivity (Wildman–Crippen MR) is 68.6 cm³/mol. The van der Waals surface area contributed by atoms with Gasteiger partial charge in [-0.15, -0.1) is 0 Å². The molecule has 0 atom stereocenters. The van der Waals surface area contributed by atoms with Crippen molar-refractivity contribution in [2.75, 3.05) is 0 Å². The second-order valence-corrected chi connectivity index (χ2v) is 4.26. The van der Waals surface area contributed by atoms with Gasteiger partial charge in [0.25, 0.3) is 0 Å². The highest BCUT2D eigenvalue weighted by atomic mass is 35.5. The van der Waals surface area contributed by atoms with Crippen LogP contribution in [-0.2, 0) is 13.0 Å². The number of nitrogens with two attached hydrogens (primary N) is 1. The molecule has 0 aliphatic rings. The molecule has 2 aromatic rings. The van der Waals surface area contributed by atoms with Crippen LogP contribution in [0.2, 0.25) is 5.02 Å². The first kappa shape index (κ1) is 11.2. The van der Waals surface area contributed by atoms with Crippen LogP contribution >= 0.6 is 11.6 Å². The van der Waals surface area contributed by atoms with Gasteiger partial charge in [-0.1, -0.05) is 48.0 Å². The van der Waals surface area contributed by atoms with Crippen LogP contribution in [0.5, 0.6) is 0 Å². The molecular formula is C14H14ClN. The monoisotopic (exact) mass is 231 g/mol. The SMILES string of the molecule is NCc1ccc(Cc2ccc(Cl)cc2)cc1. The van der Waals surface area contributed by atoms with Gasteiger partial charge in [0.15, 0.2) is 0 Å². The van der Waals surface area contributed by atoms with Crippen LogP contribution in [0, 0.1) is 0 Å². The molecule has 0 fully saturated rings. The minimum absolute atomic E-state index is 0.598. The van der Waals surface area contributed by atoms with E-state index in [9.17, 15) is 0 Å². The zero-order valence-corrected chi connectivity index (χ0v) is 9.74. The summed E-state index contributed by atoms with van der Waals surface area (Å²) in [6, 6.07) is 16.3. The van der Waals surface area contributed by atoms with Crippen LogP contribution in [0.25, 0.3) is 0 Å². The molecule has 0 aliphatic heterocycles. The lowest BCUT2D eigenvalue weighted by Gasteiger charge is -2.03. The van der Waals surface area contributed by atoms with E-state index in [1.165, 1.54) is 16.7 Å². The Morgan fingerprint density at radius 3 is 1.69 bits per heavy atom. The summed E-state index contributed by atoms with van der Waals surface area (Å²) in [5.74, 6) is 0. The molecule has 2 aromatic carbocycles. The standard InChI is InChI=1S/C14H14ClN/c15-14-7-5-12(6-8-14)9-11-1-3-13(10-16)4-2-11/h1-8H,9-10,16H2. The van der Waals surface area contributed by atoms with Crippen LogP contribution in [0.1, 0.15) is 16.7 Å². The van der Waals surface area contributed by atoms with Crippen LogP contribution in [0.3, 0.4) is 0 Å². The number of rotatable bonds is 3. The van der Waals surface area contributed by atoms with Gasteiger partial charge in [0, 0.05) is 11.6 Å². The molecule has 0 unspecified atom stereocenters.